The molecule has 2 aromatic heterocycles. The third-order valence-electron chi connectivity index (χ3n) is 5.28. The van der Waals surface area contributed by atoms with E-state index in [2.05, 4.69) is 4.98 Å². The summed E-state index contributed by atoms with van der Waals surface area (Å²) in [5.74, 6) is 0.119. The highest BCUT2D eigenvalue weighted by Gasteiger charge is 2.13. The molecular weight excluding hydrogens is 377 g/mol. The van der Waals surface area contributed by atoms with Crippen molar-refractivity contribution in [3.05, 3.63) is 100 Å². The summed E-state index contributed by atoms with van der Waals surface area (Å²) in [5, 5.41) is 1.88. The van der Waals surface area contributed by atoms with Crippen molar-refractivity contribution in [1.82, 2.24) is 14.5 Å². The third-order valence-corrected chi connectivity index (χ3v) is 5.28. The first-order chi connectivity index (χ1) is 14.5. The van der Waals surface area contributed by atoms with Crippen LogP contribution in [0.5, 0.6) is 0 Å². The summed E-state index contributed by atoms with van der Waals surface area (Å²) >= 11 is 0. The van der Waals surface area contributed by atoms with Gasteiger partial charge in [-0.3, -0.25) is 9.36 Å². The highest BCUT2D eigenvalue weighted by molar-refractivity contribution is 6.01. The van der Waals surface area contributed by atoms with E-state index in [1.165, 1.54) is 16.7 Å². The molecule has 0 atom stereocenters. The molecule has 4 nitrogen and oxygen atoms in total. The molecule has 0 saturated carbocycles. The summed E-state index contributed by atoms with van der Waals surface area (Å²) in [7, 11) is 0. The highest BCUT2D eigenvalue weighted by Crippen LogP contribution is 2.32. The minimum absolute atomic E-state index is 0.229. The van der Waals surface area contributed by atoms with Crippen LogP contribution in [0.4, 0.5) is 4.39 Å². The van der Waals surface area contributed by atoms with Gasteiger partial charge in [0, 0.05) is 28.1 Å². The molecule has 2 heterocycles. The van der Waals surface area contributed by atoms with Crippen molar-refractivity contribution in [2.45, 2.75) is 13.8 Å². The van der Waals surface area contributed by atoms with Crippen molar-refractivity contribution in [1.29, 1.82) is 0 Å². The average Bonchev–Trinajstić information content (AvgIpc) is 2.71. The van der Waals surface area contributed by atoms with Gasteiger partial charge < -0.3 is 0 Å². The maximum absolute atomic E-state index is 15.2. The summed E-state index contributed by atoms with van der Waals surface area (Å²) in [6, 6.07) is 21.9. The standard InChI is InChI=1S/C25H18FN3O/c1-15-12-25(30)29(16(2)27-15)18-10-11-20(22(26)14-18)19-7-5-9-24-21(19)13-17-6-3-4-8-23(17)28-24/h3-14H,1-2H3. The van der Waals surface area contributed by atoms with E-state index in [1.807, 2.05) is 48.5 Å². The second-order valence-corrected chi connectivity index (χ2v) is 7.34. The molecule has 5 aromatic rings. The second kappa shape index (κ2) is 6.88. The Morgan fingerprint density at radius 2 is 1.60 bits per heavy atom. The van der Waals surface area contributed by atoms with Crippen molar-refractivity contribution in [2.24, 2.45) is 0 Å². The highest BCUT2D eigenvalue weighted by atomic mass is 19.1. The van der Waals surface area contributed by atoms with Crippen molar-refractivity contribution < 1.29 is 4.39 Å². The number of nitrogens with zero attached hydrogens (tertiary/aromatic N) is 3. The second-order valence-electron chi connectivity index (χ2n) is 7.34. The number of aromatic nitrogens is 3. The number of halogens is 1. The molecular formula is C25H18FN3O. The fourth-order valence-corrected chi connectivity index (χ4v) is 3.95. The predicted molar refractivity (Wildman–Crippen MR) is 118 cm³/mol. The lowest BCUT2D eigenvalue weighted by Crippen LogP contribution is -2.21. The van der Waals surface area contributed by atoms with E-state index in [4.69, 9.17) is 4.98 Å². The van der Waals surface area contributed by atoms with Crippen LogP contribution in [-0.2, 0) is 0 Å². The number of hydrogen-bond acceptors (Lipinski definition) is 3. The zero-order valence-corrected chi connectivity index (χ0v) is 16.6. The van der Waals surface area contributed by atoms with Gasteiger partial charge in [-0.1, -0.05) is 30.3 Å². The molecule has 0 aliphatic rings. The van der Waals surface area contributed by atoms with E-state index in [-0.39, 0.29) is 5.56 Å². The fourth-order valence-electron chi connectivity index (χ4n) is 3.95. The van der Waals surface area contributed by atoms with Crippen LogP contribution < -0.4 is 5.56 Å². The Kier molecular flexibility index (Phi) is 4.17. The molecule has 0 aliphatic carbocycles. The van der Waals surface area contributed by atoms with E-state index in [1.54, 1.807) is 26.0 Å². The maximum atomic E-state index is 15.2. The molecule has 0 unspecified atom stereocenters. The Hall–Kier alpha value is -3.86. The van der Waals surface area contributed by atoms with Gasteiger partial charge in [0.1, 0.15) is 11.6 Å². The molecule has 0 fully saturated rings. The Morgan fingerprint density at radius 3 is 2.40 bits per heavy atom. The molecule has 5 rings (SSSR count). The van der Waals surface area contributed by atoms with Gasteiger partial charge in [0.05, 0.1) is 16.7 Å². The van der Waals surface area contributed by atoms with Gasteiger partial charge in [0.15, 0.2) is 0 Å². The van der Waals surface area contributed by atoms with Gasteiger partial charge in [-0.15, -0.1) is 0 Å². The van der Waals surface area contributed by atoms with Crippen LogP contribution in [0.15, 0.2) is 77.6 Å². The molecule has 0 spiro atoms. The van der Waals surface area contributed by atoms with Gasteiger partial charge in [0.25, 0.3) is 5.56 Å². The summed E-state index contributed by atoms with van der Waals surface area (Å²) in [5.41, 5.74) is 3.81. The van der Waals surface area contributed by atoms with Gasteiger partial charge >= 0.3 is 0 Å². The molecule has 30 heavy (non-hydrogen) atoms. The first kappa shape index (κ1) is 18.2. The maximum Gasteiger partial charge on any atom is 0.258 e. The Balaban J connectivity index is 1.70. The van der Waals surface area contributed by atoms with Gasteiger partial charge in [-0.25, -0.2) is 14.4 Å². The number of benzene rings is 3. The summed E-state index contributed by atoms with van der Waals surface area (Å²) in [6.07, 6.45) is 0. The van der Waals surface area contributed by atoms with Crippen molar-refractivity contribution >= 4 is 21.8 Å². The molecule has 0 aliphatic heterocycles. The zero-order chi connectivity index (χ0) is 20.8. The number of hydrogen-bond donors (Lipinski definition) is 0. The first-order valence-corrected chi connectivity index (χ1v) is 9.67. The number of para-hydroxylation sites is 1. The number of pyridine rings is 1. The normalized spacial score (nSPS) is 11.3. The van der Waals surface area contributed by atoms with Gasteiger partial charge in [0.2, 0.25) is 0 Å². The van der Waals surface area contributed by atoms with Crippen LogP contribution in [0.3, 0.4) is 0 Å². The first-order valence-electron chi connectivity index (χ1n) is 9.67. The molecule has 0 amide bonds. The van der Waals surface area contributed by atoms with E-state index < -0.39 is 5.82 Å². The molecule has 0 bridgehead atoms. The Morgan fingerprint density at radius 1 is 0.800 bits per heavy atom. The van der Waals surface area contributed by atoms with Crippen LogP contribution in [0.25, 0.3) is 38.6 Å². The molecule has 146 valence electrons. The van der Waals surface area contributed by atoms with Crippen LogP contribution >= 0.6 is 0 Å². The number of rotatable bonds is 2. The van der Waals surface area contributed by atoms with Gasteiger partial charge in [-0.2, -0.15) is 0 Å². The molecule has 5 heteroatoms. The average molecular weight is 395 g/mol. The molecule has 0 saturated heterocycles. The molecule has 3 aromatic carbocycles. The van der Waals surface area contributed by atoms with Crippen molar-refractivity contribution in [3.8, 4) is 16.8 Å². The van der Waals surface area contributed by atoms with Crippen molar-refractivity contribution in [2.75, 3.05) is 0 Å². The predicted octanol–water partition coefficient (Wildman–Crippen LogP) is 5.36. The molecule has 0 N–H and O–H groups in total. The minimum Gasteiger partial charge on any atom is -0.269 e. The lowest BCUT2D eigenvalue weighted by molar-refractivity contribution is 0.629. The van der Waals surface area contributed by atoms with Crippen molar-refractivity contribution in [3.63, 3.8) is 0 Å². The Bertz CT molecular complexity index is 1500. The molecule has 0 radical (unpaired) electrons. The lowest BCUT2D eigenvalue weighted by atomic mass is 9.98. The summed E-state index contributed by atoms with van der Waals surface area (Å²) in [4.78, 5) is 21.5. The largest absolute Gasteiger partial charge is 0.269 e. The topological polar surface area (TPSA) is 47.8 Å². The SMILES string of the molecule is Cc1cc(=O)n(-c2ccc(-c3cccc4nc5ccccc5cc34)c(F)c2)c(C)n1. The summed E-state index contributed by atoms with van der Waals surface area (Å²) in [6.45, 7) is 3.50. The van der Waals surface area contributed by atoms with Crippen LogP contribution in [0, 0.1) is 19.7 Å². The van der Waals surface area contributed by atoms with E-state index in [9.17, 15) is 4.79 Å². The Labute approximate surface area is 172 Å². The number of fused-ring (bicyclic) bond motifs is 2. The lowest BCUT2D eigenvalue weighted by Gasteiger charge is -2.13. The minimum atomic E-state index is -0.403. The van der Waals surface area contributed by atoms with Crippen LogP contribution in [-0.4, -0.2) is 14.5 Å². The third kappa shape index (κ3) is 2.95. The van der Waals surface area contributed by atoms with E-state index in [0.29, 0.717) is 22.8 Å². The monoisotopic (exact) mass is 395 g/mol. The van der Waals surface area contributed by atoms with Gasteiger partial charge in [-0.05, 0) is 55.8 Å². The summed E-state index contributed by atoms with van der Waals surface area (Å²) < 4.78 is 16.7. The quantitative estimate of drug-likeness (QED) is 0.378. The van der Waals surface area contributed by atoms with E-state index >= 15 is 4.39 Å². The zero-order valence-electron chi connectivity index (χ0n) is 16.6. The van der Waals surface area contributed by atoms with E-state index in [0.717, 1.165) is 27.4 Å². The number of aryl methyl sites for hydroxylation is 2. The smallest absolute Gasteiger partial charge is 0.258 e. The van der Waals surface area contributed by atoms with Crippen LogP contribution in [0.1, 0.15) is 11.5 Å². The fraction of sp³-hybridized carbons (Fsp3) is 0.0800. The van der Waals surface area contributed by atoms with Crippen LogP contribution in [0.2, 0.25) is 0 Å².